The summed E-state index contributed by atoms with van der Waals surface area (Å²) >= 11 is 12.3. The van der Waals surface area contributed by atoms with Crippen LogP contribution in [0, 0.1) is 5.82 Å². The first-order valence-electron chi connectivity index (χ1n) is 7.30. The lowest BCUT2D eigenvalue weighted by molar-refractivity contribution is 0.249. The van der Waals surface area contributed by atoms with Crippen molar-refractivity contribution in [2.45, 2.75) is 6.54 Å². The van der Waals surface area contributed by atoms with Crippen LogP contribution in [0.15, 0.2) is 42.5 Å². The average molecular weight is 339 g/mol. The highest BCUT2D eigenvalue weighted by molar-refractivity contribution is 6.42. The monoisotopic (exact) mass is 338 g/mol. The van der Waals surface area contributed by atoms with Crippen molar-refractivity contribution in [3.8, 4) is 0 Å². The van der Waals surface area contributed by atoms with Crippen molar-refractivity contribution in [2.75, 3.05) is 31.1 Å². The SMILES string of the molecule is Fc1ccccc1N1CCN(Cc2cccc(Cl)c2Cl)CC1. The van der Waals surface area contributed by atoms with Crippen LogP contribution in [0.1, 0.15) is 5.56 Å². The summed E-state index contributed by atoms with van der Waals surface area (Å²) in [5.74, 6) is -0.158. The molecule has 2 nitrogen and oxygen atoms in total. The molecule has 116 valence electrons. The molecule has 0 aliphatic carbocycles. The number of hydrogen-bond acceptors (Lipinski definition) is 2. The van der Waals surface area contributed by atoms with E-state index in [0.717, 1.165) is 38.3 Å². The highest BCUT2D eigenvalue weighted by Crippen LogP contribution is 2.27. The Morgan fingerprint density at radius 3 is 2.36 bits per heavy atom. The fraction of sp³-hybridized carbons (Fsp3) is 0.294. The summed E-state index contributed by atoms with van der Waals surface area (Å²) in [4.78, 5) is 4.40. The Kier molecular flexibility index (Phi) is 4.87. The summed E-state index contributed by atoms with van der Waals surface area (Å²) in [6, 6.07) is 12.6. The molecule has 0 N–H and O–H groups in total. The van der Waals surface area contributed by atoms with E-state index < -0.39 is 0 Å². The highest BCUT2D eigenvalue weighted by Gasteiger charge is 2.20. The van der Waals surface area contributed by atoms with Crippen molar-refractivity contribution >= 4 is 28.9 Å². The first-order valence-corrected chi connectivity index (χ1v) is 8.05. The Labute approximate surface area is 140 Å². The molecule has 0 unspecified atom stereocenters. The summed E-state index contributed by atoms with van der Waals surface area (Å²) in [5, 5.41) is 1.21. The van der Waals surface area contributed by atoms with Gasteiger partial charge in [-0.25, -0.2) is 4.39 Å². The van der Waals surface area contributed by atoms with Crippen LogP contribution < -0.4 is 4.90 Å². The van der Waals surface area contributed by atoms with E-state index >= 15 is 0 Å². The standard InChI is InChI=1S/C17H17Cl2FN2/c18-14-5-3-4-13(17(14)19)12-21-8-10-22(11-9-21)16-7-2-1-6-15(16)20/h1-7H,8-12H2. The maximum Gasteiger partial charge on any atom is 0.146 e. The predicted octanol–water partition coefficient (Wildman–Crippen LogP) is 4.45. The van der Waals surface area contributed by atoms with Crippen LogP contribution in [0.3, 0.4) is 0 Å². The van der Waals surface area contributed by atoms with Crippen molar-refractivity contribution in [1.82, 2.24) is 4.90 Å². The summed E-state index contributed by atoms with van der Waals surface area (Å²) in [6.45, 7) is 4.12. The van der Waals surface area contributed by atoms with Crippen LogP contribution in [0.5, 0.6) is 0 Å². The quantitative estimate of drug-likeness (QED) is 0.815. The molecule has 2 aromatic rings. The minimum Gasteiger partial charge on any atom is -0.367 e. The van der Waals surface area contributed by atoms with E-state index in [4.69, 9.17) is 23.2 Å². The third-order valence-corrected chi connectivity index (χ3v) is 4.85. The molecule has 22 heavy (non-hydrogen) atoms. The second-order valence-electron chi connectivity index (χ2n) is 5.43. The van der Waals surface area contributed by atoms with Crippen LogP contribution in [0.4, 0.5) is 10.1 Å². The molecular weight excluding hydrogens is 322 g/mol. The number of para-hydroxylation sites is 1. The van der Waals surface area contributed by atoms with Gasteiger partial charge in [0, 0.05) is 32.7 Å². The maximum atomic E-state index is 13.8. The van der Waals surface area contributed by atoms with Gasteiger partial charge in [-0.1, -0.05) is 47.5 Å². The summed E-state index contributed by atoms with van der Waals surface area (Å²) in [7, 11) is 0. The number of nitrogens with zero attached hydrogens (tertiary/aromatic N) is 2. The van der Waals surface area contributed by atoms with Crippen LogP contribution in [-0.4, -0.2) is 31.1 Å². The van der Waals surface area contributed by atoms with Gasteiger partial charge in [0.05, 0.1) is 15.7 Å². The number of benzene rings is 2. The Bertz CT molecular complexity index is 655. The van der Waals surface area contributed by atoms with Crippen molar-refractivity contribution < 1.29 is 4.39 Å². The lowest BCUT2D eigenvalue weighted by Gasteiger charge is -2.36. The van der Waals surface area contributed by atoms with Gasteiger partial charge in [0.2, 0.25) is 0 Å². The minimum absolute atomic E-state index is 0.158. The van der Waals surface area contributed by atoms with E-state index in [9.17, 15) is 4.39 Å². The van der Waals surface area contributed by atoms with Gasteiger partial charge in [0.15, 0.2) is 0 Å². The predicted molar refractivity (Wildman–Crippen MR) is 90.4 cm³/mol. The summed E-state index contributed by atoms with van der Waals surface area (Å²) < 4.78 is 13.8. The van der Waals surface area contributed by atoms with E-state index in [-0.39, 0.29) is 5.82 Å². The molecule has 0 atom stereocenters. The molecule has 3 rings (SSSR count). The van der Waals surface area contributed by atoms with Gasteiger partial charge < -0.3 is 4.90 Å². The van der Waals surface area contributed by atoms with Gasteiger partial charge in [-0.05, 0) is 23.8 Å². The van der Waals surface area contributed by atoms with Crippen molar-refractivity contribution in [1.29, 1.82) is 0 Å². The molecule has 1 saturated heterocycles. The van der Waals surface area contributed by atoms with E-state index in [1.807, 2.05) is 24.3 Å². The Hall–Kier alpha value is -1.29. The van der Waals surface area contributed by atoms with Gasteiger partial charge >= 0.3 is 0 Å². The van der Waals surface area contributed by atoms with Crippen LogP contribution in [0.2, 0.25) is 10.0 Å². The molecule has 1 fully saturated rings. The van der Waals surface area contributed by atoms with E-state index in [2.05, 4.69) is 9.80 Å². The van der Waals surface area contributed by atoms with Crippen LogP contribution >= 0.6 is 23.2 Å². The van der Waals surface area contributed by atoms with Crippen LogP contribution in [0.25, 0.3) is 0 Å². The summed E-state index contributed by atoms with van der Waals surface area (Å²) in [6.07, 6.45) is 0. The third-order valence-electron chi connectivity index (χ3n) is 3.99. The van der Waals surface area contributed by atoms with Gasteiger partial charge in [-0.15, -0.1) is 0 Å². The molecule has 1 heterocycles. The molecule has 0 aromatic heterocycles. The van der Waals surface area contributed by atoms with E-state index in [0.29, 0.717) is 15.7 Å². The molecular formula is C17H17Cl2FN2. The zero-order chi connectivity index (χ0) is 15.5. The lowest BCUT2D eigenvalue weighted by atomic mass is 10.2. The zero-order valence-corrected chi connectivity index (χ0v) is 13.6. The van der Waals surface area contributed by atoms with Crippen molar-refractivity contribution in [2.24, 2.45) is 0 Å². The van der Waals surface area contributed by atoms with Gasteiger partial charge in [-0.2, -0.15) is 0 Å². The Morgan fingerprint density at radius 2 is 1.64 bits per heavy atom. The summed E-state index contributed by atoms with van der Waals surface area (Å²) in [5.41, 5.74) is 1.72. The number of piperazine rings is 1. The molecule has 0 saturated carbocycles. The molecule has 1 aliphatic heterocycles. The van der Waals surface area contributed by atoms with Crippen molar-refractivity contribution in [3.05, 3.63) is 63.9 Å². The second kappa shape index (κ2) is 6.86. The second-order valence-corrected chi connectivity index (χ2v) is 6.21. The first kappa shape index (κ1) is 15.6. The minimum atomic E-state index is -0.158. The zero-order valence-electron chi connectivity index (χ0n) is 12.1. The van der Waals surface area contributed by atoms with Gasteiger partial charge in [-0.3, -0.25) is 4.90 Å². The maximum absolute atomic E-state index is 13.8. The molecule has 0 amide bonds. The highest BCUT2D eigenvalue weighted by atomic mass is 35.5. The van der Waals surface area contributed by atoms with E-state index in [1.165, 1.54) is 6.07 Å². The fourth-order valence-corrected chi connectivity index (χ4v) is 3.15. The van der Waals surface area contributed by atoms with Gasteiger partial charge in [0.1, 0.15) is 5.82 Å². The molecule has 0 radical (unpaired) electrons. The number of hydrogen-bond donors (Lipinski definition) is 0. The van der Waals surface area contributed by atoms with Gasteiger partial charge in [0.25, 0.3) is 0 Å². The Morgan fingerprint density at radius 1 is 0.909 bits per heavy atom. The Balaban J connectivity index is 1.63. The molecule has 5 heteroatoms. The molecule has 0 bridgehead atoms. The topological polar surface area (TPSA) is 6.48 Å². The fourth-order valence-electron chi connectivity index (χ4n) is 2.77. The smallest absolute Gasteiger partial charge is 0.146 e. The average Bonchev–Trinajstić information content (AvgIpc) is 2.53. The molecule has 0 spiro atoms. The molecule has 1 aliphatic rings. The first-order chi connectivity index (χ1) is 10.6. The largest absolute Gasteiger partial charge is 0.367 e. The van der Waals surface area contributed by atoms with Crippen molar-refractivity contribution in [3.63, 3.8) is 0 Å². The number of rotatable bonds is 3. The molecule has 2 aromatic carbocycles. The van der Waals surface area contributed by atoms with Crippen LogP contribution in [-0.2, 0) is 6.54 Å². The lowest BCUT2D eigenvalue weighted by Crippen LogP contribution is -2.46. The normalized spacial score (nSPS) is 16.0. The van der Waals surface area contributed by atoms with E-state index in [1.54, 1.807) is 12.1 Å². The number of halogens is 3. The number of anilines is 1. The third kappa shape index (κ3) is 3.37.